The molecule has 0 spiro atoms. The Balaban J connectivity index is 1.35. The maximum atomic E-state index is 12.4. The number of benzene rings is 2. The Labute approximate surface area is 167 Å². The summed E-state index contributed by atoms with van der Waals surface area (Å²) in [5.41, 5.74) is 2.62. The van der Waals surface area contributed by atoms with E-state index in [2.05, 4.69) is 15.7 Å². The summed E-state index contributed by atoms with van der Waals surface area (Å²) in [5.74, 6) is -0.332. The highest BCUT2D eigenvalue weighted by molar-refractivity contribution is 5.95. The van der Waals surface area contributed by atoms with Crippen molar-refractivity contribution in [1.29, 1.82) is 0 Å². The van der Waals surface area contributed by atoms with Crippen molar-refractivity contribution in [3.8, 4) is 5.69 Å². The van der Waals surface area contributed by atoms with Gasteiger partial charge >= 0.3 is 0 Å². The van der Waals surface area contributed by atoms with Gasteiger partial charge in [-0.15, -0.1) is 0 Å². The van der Waals surface area contributed by atoms with Crippen LogP contribution >= 0.6 is 0 Å². The van der Waals surface area contributed by atoms with Crippen molar-refractivity contribution in [1.82, 2.24) is 15.1 Å². The Hall–Kier alpha value is -3.68. The first-order valence-electron chi connectivity index (χ1n) is 9.52. The SMILES string of the molecule is O=C(NCCc1cnn(-c2ccccc2)c1)c1ccc(NC2CC2)c([N+](=O)[O-])c1. The predicted molar refractivity (Wildman–Crippen MR) is 109 cm³/mol. The van der Waals surface area contributed by atoms with Gasteiger partial charge in [0.2, 0.25) is 0 Å². The van der Waals surface area contributed by atoms with E-state index in [0.717, 1.165) is 24.1 Å². The van der Waals surface area contributed by atoms with Crippen LogP contribution in [-0.4, -0.2) is 33.2 Å². The number of carbonyl (C=O) groups is 1. The molecule has 1 fully saturated rings. The van der Waals surface area contributed by atoms with E-state index in [1.54, 1.807) is 23.0 Å². The molecular weight excluding hydrogens is 370 g/mol. The van der Waals surface area contributed by atoms with Gasteiger partial charge in [-0.05, 0) is 49.1 Å². The van der Waals surface area contributed by atoms with E-state index < -0.39 is 4.92 Å². The molecule has 1 heterocycles. The van der Waals surface area contributed by atoms with Crippen molar-refractivity contribution in [3.05, 3.63) is 82.2 Å². The second-order valence-corrected chi connectivity index (χ2v) is 7.04. The average molecular weight is 391 g/mol. The molecule has 1 aliphatic carbocycles. The number of hydrogen-bond acceptors (Lipinski definition) is 5. The minimum absolute atomic E-state index is 0.0753. The van der Waals surface area contributed by atoms with Gasteiger partial charge in [0.25, 0.3) is 11.6 Å². The van der Waals surface area contributed by atoms with Crippen LogP contribution in [0.3, 0.4) is 0 Å². The van der Waals surface area contributed by atoms with Crippen LogP contribution in [0.1, 0.15) is 28.8 Å². The summed E-state index contributed by atoms with van der Waals surface area (Å²) >= 11 is 0. The van der Waals surface area contributed by atoms with Crippen LogP contribution in [0.2, 0.25) is 0 Å². The number of amides is 1. The number of nitro groups is 1. The highest BCUT2D eigenvalue weighted by Crippen LogP contribution is 2.31. The van der Waals surface area contributed by atoms with Crippen LogP contribution in [0.15, 0.2) is 60.9 Å². The fourth-order valence-corrected chi connectivity index (χ4v) is 3.03. The van der Waals surface area contributed by atoms with Crippen LogP contribution in [0.5, 0.6) is 0 Å². The average Bonchev–Trinajstić information content (AvgIpc) is 3.42. The smallest absolute Gasteiger partial charge is 0.293 e. The number of nitrogens with one attached hydrogen (secondary N) is 2. The van der Waals surface area contributed by atoms with Gasteiger partial charge in [0.1, 0.15) is 5.69 Å². The summed E-state index contributed by atoms with van der Waals surface area (Å²) in [6.07, 6.45) is 6.33. The minimum atomic E-state index is -0.459. The number of hydrogen-bond donors (Lipinski definition) is 2. The van der Waals surface area contributed by atoms with Gasteiger partial charge in [-0.1, -0.05) is 18.2 Å². The van der Waals surface area contributed by atoms with Crippen LogP contribution in [0, 0.1) is 10.1 Å². The Kier molecular flexibility index (Phi) is 5.24. The van der Waals surface area contributed by atoms with Gasteiger partial charge in [-0.25, -0.2) is 4.68 Å². The first kappa shape index (κ1) is 18.7. The molecule has 1 aliphatic rings. The Bertz CT molecular complexity index is 1030. The molecule has 8 nitrogen and oxygen atoms in total. The molecule has 0 saturated heterocycles. The Morgan fingerprint density at radius 1 is 1.21 bits per heavy atom. The van der Waals surface area contributed by atoms with Gasteiger partial charge in [-0.3, -0.25) is 14.9 Å². The van der Waals surface area contributed by atoms with E-state index >= 15 is 0 Å². The van der Waals surface area contributed by atoms with E-state index in [4.69, 9.17) is 0 Å². The fraction of sp³-hybridized carbons (Fsp3) is 0.238. The van der Waals surface area contributed by atoms with Gasteiger partial charge in [-0.2, -0.15) is 5.10 Å². The van der Waals surface area contributed by atoms with Crippen LogP contribution in [-0.2, 0) is 6.42 Å². The van der Waals surface area contributed by atoms with Crippen molar-refractivity contribution >= 4 is 17.3 Å². The Morgan fingerprint density at radius 2 is 2.00 bits per heavy atom. The third kappa shape index (κ3) is 4.60. The van der Waals surface area contributed by atoms with E-state index in [9.17, 15) is 14.9 Å². The number of nitrogens with zero attached hydrogens (tertiary/aromatic N) is 3. The topological polar surface area (TPSA) is 102 Å². The first-order chi connectivity index (χ1) is 14.1. The molecule has 29 heavy (non-hydrogen) atoms. The van der Waals surface area contributed by atoms with Crippen LogP contribution in [0.4, 0.5) is 11.4 Å². The summed E-state index contributed by atoms with van der Waals surface area (Å²) in [5, 5.41) is 21.6. The molecular formula is C21H21N5O3. The lowest BCUT2D eigenvalue weighted by Crippen LogP contribution is -2.25. The van der Waals surface area contributed by atoms with Gasteiger partial charge in [0, 0.05) is 30.4 Å². The van der Waals surface area contributed by atoms with Crippen molar-refractivity contribution < 1.29 is 9.72 Å². The minimum Gasteiger partial charge on any atom is -0.377 e. The summed E-state index contributed by atoms with van der Waals surface area (Å²) in [6.45, 7) is 0.412. The molecule has 0 unspecified atom stereocenters. The second kappa shape index (κ2) is 8.14. The molecule has 2 aromatic carbocycles. The molecule has 148 valence electrons. The molecule has 4 rings (SSSR count). The molecule has 0 atom stereocenters. The lowest BCUT2D eigenvalue weighted by atomic mass is 10.1. The number of carbonyl (C=O) groups excluding carboxylic acids is 1. The van der Waals surface area contributed by atoms with E-state index in [1.165, 1.54) is 6.07 Å². The molecule has 0 aliphatic heterocycles. The molecule has 3 aromatic rings. The van der Waals surface area contributed by atoms with E-state index in [-0.39, 0.29) is 17.2 Å². The molecule has 0 bridgehead atoms. The normalized spacial score (nSPS) is 13.1. The fourth-order valence-electron chi connectivity index (χ4n) is 3.03. The number of rotatable bonds is 8. The molecule has 2 N–H and O–H groups in total. The first-order valence-corrected chi connectivity index (χ1v) is 9.52. The lowest BCUT2D eigenvalue weighted by Gasteiger charge is -2.08. The number of para-hydroxylation sites is 1. The lowest BCUT2D eigenvalue weighted by molar-refractivity contribution is -0.384. The van der Waals surface area contributed by atoms with Crippen LogP contribution < -0.4 is 10.6 Å². The third-order valence-electron chi connectivity index (χ3n) is 4.75. The van der Waals surface area contributed by atoms with Crippen LogP contribution in [0.25, 0.3) is 5.69 Å². The number of anilines is 1. The number of nitro benzene ring substituents is 1. The monoisotopic (exact) mass is 391 g/mol. The van der Waals surface area contributed by atoms with Crippen molar-refractivity contribution in [3.63, 3.8) is 0 Å². The highest BCUT2D eigenvalue weighted by Gasteiger charge is 2.25. The number of aromatic nitrogens is 2. The summed E-state index contributed by atoms with van der Waals surface area (Å²) in [6, 6.07) is 14.6. The molecule has 1 aromatic heterocycles. The quantitative estimate of drug-likeness (QED) is 0.453. The summed E-state index contributed by atoms with van der Waals surface area (Å²) < 4.78 is 1.78. The largest absolute Gasteiger partial charge is 0.377 e. The molecule has 0 radical (unpaired) electrons. The maximum Gasteiger partial charge on any atom is 0.293 e. The van der Waals surface area contributed by atoms with Crippen molar-refractivity contribution in [2.75, 3.05) is 11.9 Å². The zero-order valence-corrected chi connectivity index (χ0v) is 15.7. The van der Waals surface area contributed by atoms with E-state index in [1.807, 2.05) is 36.5 Å². The predicted octanol–water partition coefficient (Wildman–Crippen LogP) is 3.33. The standard InChI is InChI=1S/C21H21N5O3/c27-21(16-6-9-19(24-17-7-8-17)20(12-16)26(28)29)22-11-10-15-13-23-25(14-15)18-4-2-1-3-5-18/h1-6,9,12-14,17,24H,7-8,10-11H2,(H,22,27). The van der Waals surface area contributed by atoms with Gasteiger partial charge in [0.05, 0.1) is 16.8 Å². The summed E-state index contributed by atoms with van der Waals surface area (Å²) in [7, 11) is 0. The van der Waals surface area contributed by atoms with E-state index in [0.29, 0.717) is 24.7 Å². The molecule has 1 amide bonds. The van der Waals surface area contributed by atoms with Gasteiger partial charge in [0.15, 0.2) is 0 Å². The third-order valence-corrected chi connectivity index (χ3v) is 4.75. The Morgan fingerprint density at radius 3 is 2.72 bits per heavy atom. The summed E-state index contributed by atoms with van der Waals surface area (Å²) in [4.78, 5) is 23.3. The zero-order valence-electron chi connectivity index (χ0n) is 15.7. The maximum absolute atomic E-state index is 12.4. The van der Waals surface area contributed by atoms with Crippen molar-refractivity contribution in [2.45, 2.75) is 25.3 Å². The zero-order chi connectivity index (χ0) is 20.2. The van der Waals surface area contributed by atoms with Crippen molar-refractivity contribution in [2.24, 2.45) is 0 Å². The molecule has 8 heteroatoms. The highest BCUT2D eigenvalue weighted by atomic mass is 16.6. The second-order valence-electron chi connectivity index (χ2n) is 7.04. The van der Waals surface area contributed by atoms with Gasteiger partial charge < -0.3 is 10.6 Å². The molecule has 1 saturated carbocycles.